The summed E-state index contributed by atoms with van der Waals surface area (Å²) >= 11 is 1.87. The monoisotopic (exact) mass is 504 g/mol. The zero-order valence-corrected chi connectivity index (χ0v) is 21.5. The Kier molecular flexibility index (Phi) is 6.13. The highest BCUT2D eigenvalue weighted by Gasteiger charge is 2.53. The molecule has 2 heterocycles. The molecule has 0 radical (unpaired) electrons. The van der Waals surface area contributed by atoms with Crippen LogP contribution in [-0.4, -0.2) is 67.8 Å². The summed E-state index contributed by atoms with van der Waals surface area (Å²) in [5, 5.41) is 3.50. The molecule has 1 aromatic rings. The average Bonchev–Trinajstić information content (AvgIpc) is 3.36. The second-order valence-electron chi connectivity index (χ2n) is 11.4. The summed E-state index contributed by atoms with van der Waals surface area (Å²) in [6.45, 7) is 0.935. The van der Waals surface area contributed by atoms with Crippen LogP contribution in [0, 0.1) is 23.7 Å². The molecule has 1 aromatic carbocycles. The van der Waals surface area contributed by atoms with E-state index in [9.17, 15) is 13.2 Å². The maximum atomic E-state index is 13.6. The van der Waals surface area contributed by atoms with Gasteiger partial charge in [-0.1, -0.05) is 0 Å². The second-order valence-corrected chi connectivity index (χ2v) is 15.0. The van der Waals surface area contributed by atoms with E-state index in [1.54, 1.807) is 7.11 Å². The first kappa shape index (κ1) is 23.2. The maximum absolute atomic E-state index is 13.6. The molecule has 7 rings (SSSR count). The van der Waals surface area contributed by atoms with E-state index in [4.69, 9.17) is 4.74 Å². The number of rotatable bonds is 6. The Hall–Kier alpha value is -1.25. The fraction of sp³-hybridized carbons (Fsp3) is 0.731. The van der Waals surface area contributed by atoms with Crippen molar-refractivity contribution in [1.82, 2.24) is 10.2 Å². The minimum atomic E-state index is -3.01. The van der Waals surface area contributed by atoms with Gasteiger partial charge in [-0.2, -0.15) is 0 Å². The van der Waals surface area contributed by atoms with Gasteiger partial charge < -0.3 is 10.1 Å². The third-order valence-corrected chi connectivity index (χ3v) is 12.1. The maximum Gasteiger partial charge on any atom is 0.237 e. The molecule has 8 heteroatoms. The predicted molar refractivity (Wildman–Crippen MR) is 134 cm³/mol. The number of nitrogens with one attached hydrogen (secondary N) is 1. The molecular formula is C26H36N2O4S2. The molecule has 2 saturated heterocycles. The van der Waals surface area contributed by atoms with Crippen LogP contribution >= 0.6 is 11.8 Å². The fourth-order valence-electron chi connectivity index (χ4n) is 7.98. The van der Waals surface area contributed by atoms with Crippen LogP contribution in [0.3, 0.4) is 0 Å². The van der Waals surface area contributed by atoms with E-state index in [2.05, 4.69) is 22.3 Å². The van der Waals surface area contributed by atoms with Crippen LogP contribution in [0.15, 0.2) is 29.2 Å². The Labute approximate surface area is 207 Å². The lowest BCUT2D eigenvalue weighted by atomic mass is 9.54. The third-order valence-electron chi connectivity index (χ3n) is 9.10. The van der Waals surface area contributed by atoms with E-state index >= 15 is 0 Å². The SMILES string of the molecule is COc1ccc(S[C@@H]2C[C@@H](C(=O)N[C@H]3CCS(=O)(=O)C3)N(C3C4CC5CC(C4)CC3C5)C2)cc1. The van der Waals surface area contributed by atoms with Gasteiger partial charge in [-0.25, -0.2) is 8.42 Å². The van der Waals surface area contributed by atoms with Crippen molar-refractivity contribution in [3.05, 3.63) is 24.3 Å². The number of thioether (sulfide) groups is 1. The van der Waals surface area contributed by atoms with E-state index in [-0.39, 0.29) is 29.5 Å². The van der Waals surface area contributed by atoms with Crippen molar-refractivity contribution in [3.63, 3.8) is 0 Å². The van der Waals surface area contributed by atoms with Crippen molar-refractivity contribution in [2.75, 3.05) is 25.2 Å². The zero-order chi connectivity index (χ0) is 23.4. The van der Waals surface area contributed by atoms with Gasteiger partial charge in [0.15, 0.2) is 9.84 Å². The number of likely N-dealkylation sites (tertiary alicyclic amines) is 1. The molecule has 34 heavy (non-hydrogen) atoms. The van der Waals surface area contributed by atoms with E-state index in [0.717, 1.165) is 42.4 Å². The van der Waals surface area contributed by atoms with Crippen molar-refractivity contribution < 1.29 is 17.9 Å². The summed E-state index contributed by atoms with van der Waals surface area (Å²) in [5.41, 5.74) is 0. The Bertz CT molecular complexity index is 1000. The Morgan fingerprint density at radius 1 is 1.03 bits per heavy atom. The van der Waals surface area contributed by atoms with Crippen LogP contribution in [0.25, 0.3) is 0 Å². The molecule has 1 N–H and O–H groups in total. The fourth-order valence-corrected chi connectivity index (χ4v) is 10.9. The Balaban J connectivity index is 1.20. The summed E-state index contributed by atoms with van der Waals surface area (Å²) in [6.07, 6.45) is 8.13. The van der Waals surface area contributed by atoms with Crippen LogP contribution in [0.2, 0.25) is 0 Å². The quantitative estimate of drug-likeness (QED) is 0.640. The number of methoxy groups -OCH3 is 1. The standard InChI is InChI=1S/C26H36N2O4S2/c1-32-21-2-4-22(5-3-21)33-23-13-24(26(29)27-20-6-7-34(30,31)15-20)28(14-23)25-18-9-16-8-17(11-18)12-19(25)10-16/h2-5,16-20,23-25H,6-15H2,1H3,(H,27,29)/t16?,17?,18?,19?,20-,23+,24-,25?/m0/s1. The predicted octanol–water partition coefficient (Wildman–Crippen LogP) is 3.36. The molecule has 0 aromatic heterocycles. The first-order valence-electron chi connectivity index (χ1n) is 12.9. The first-order valence-corrected chi connectivity index (χ1v) is 15.6. The molecule has 6 aliphatic rings. The molecule has 0 spiro atoms. The minimum Gasteiger partial charge on any atom is -0.497 e. The van der Waals surface area contributed by atoms with Crippen LogP contribution in [-0.2, 0) is 14.6 Å². The van der Waals surface area contributed by atoms with Crippen LogP contribution in [0.4, 0.5) is 0 Å². The third kappa shape index (κ3) is 4.50. The van der Waals surface area contributed by atoms with Gasteiger partial charge in [0, 0.05) is 28.8 Å². The number of ether oxygens (including phenoxy) is 1. The van der Waals surface area contributed by atoms with Gasteiger partial charge in [0.2, 0.25) is 5.91 Å². The number of carbonyl (C=O) groups excluding carboxylic acids is 1. The van der Waals surface area contributed by atoms with Gasteiger partial charge in [-0.3, -0.25) is 9.69 Å². The number of hydrogen-bond donors (Lipinski definition) is 1. The molecule has 4 bridgehead atoms. The highest BCUT2D eigenvalue weighted by Crippen LogP contribution is 2.56. The summed E-state index contributed by atoms with van der Waals surface area (Å²) in [5.74, 6) is 4.45. The second kappa shape index (κ2) is 9.00. The lowest BCUT2D eigenvalue weighted by Gasteiger charge is -2.57. The molecule has 6 fully saturated rings. The lowest BCUT2D eigenvalue weighted by Crippen LogP contribution is -2.59. The van der Waals surface area contributed by atoms with Crippen LogP contribution in [0.1, 0.15) is 44.9 Å². The van der Waals surface area contributed by atoms with E-state index < -0.39 is 9.84 Å². The van der Waals surface area contributed by atoms with Crippen molar-refractivity contribution in [2.24, 2.45) is 23.7 Å². The molecule has 3 atom stereocenters. The van der Waals surface area contributed by atoms with Gasteiger partial charge >= 0.3 is 0 Å². The zero-order valence-electron chi connectivity index (χ0n) is 19.9. The number of benzene rings is 1. The lowest BCUT2D eigenvalue weighted by molar-refractivity contribution is -0.131. The topological polar surface area (TPSA) is 75.7 Å². The molecule has 6 nitrogen and oxygen atoms in total. The van der Waals surface area contributed by atoms with Gasteiger partial charge in [-0.05, 0) is 92.9 Å². The summed E-state index contributed by atoms with van der Waals surface area (Å²) in [4.78, 5) is 17.3. The van der Waals surface area contributed by atoms with Crippen molar-refractivity contribution >= 4 is 27.5 Å². The number of carbonyl (C=O) groups is 1. The Morgan fingerprint density at radius 2 is 1.71 bits per heavy atom. The number of hydrogen-bond acceptors (Lipinski definition) is 6. The molecular weight excluding hydrogens is 468 g/mol. The first-order chi connectivity index (χ1) is 16.4. The number of nitrogens with zero attached hydrogens (tertiary/aromatic N) is 1. The number of amides is 1. The van der Waals surface area contributed by atoms with Crippen LogP contribution < -0.4 is 10.1 Å². The van der Waals surface area contributed by atoms with Gasteiger partial charge in [0.1, 0.15) is 5.75 Å². The molecule has 4 aliphatic carbocycles. The summed E-state index contributed by atoms with van der Waals surface area (Å²) in [7, 11) is -1.33. The van der Waals surface area contributed by atoms with Crippen molar-refractivity contribution in [2.45, 2.75) is 73.2 Å². The highest BCUT2D eigenvalue weighted by molar-refractivity contribution is 8.00. The van der Waals surface area contributed by atoms with Crippen molar-refractivity contribution in [1.29, 1.82) is 0 Å². The van der Waals surface area contributed by atoms with E-state index in [1.807, 2.05) is 23.9 Å². The highest BCUT2D eigenvalue weighted by atomic mass is 32.2. The van der Waals surface area contributed by atoms with Gasteiger partial charge in [-0.15, -0.1) is 11.8 Å². The van der Waals surface area contributed by atoms with Gasteiger partial charge in [0.05, 0.1) is 24.7 Å². The summed E-state index contributed by atoms with van der Waals surface area (Å²) in [6, 6.07) is 8.33. The normalized spacial score (nSPS) is 40.5. The average molecular weight is 505 g/mol. The largest absolute Gasteiger partial charge is 0.497 e. The van der Waals surface area contributed by atoms with Crippen LogP contribution in [0.5, 0.6) is 5.75 Å². The van der Waals surface area contributed by atoms with E-state index in [1.165, 1.54) is 37.0 Å². The van der Waals surface area contributed by atoms with E-state index in [0.29, 0.717) is 17.7 Å². The smallest absolute Gasteiger partial charge is 0.237 e. The summed E-state index contributed by atoms with van der Waals surface area (Å²) < 4.78 is 29.2. The molecule has 2 aliphatic heterocycles. The molecule has 4 saturated carbocycles. The van der Waals surface area contributed by atoms with Gasteiger partial charge in [0.25, 0.3) is 0 Å². The Morgan fingerprint density at radius 3 is 2.29 bits per heavy atom. The molecule has 186 valence electrons. The van der Waals surface area contributed by atoms with Crippen molar-refractivity contribution in [3.8, 4) is 5.75 Å². The molecule has 1 amide bonds. The molecule has 0 unspecified atom stereocenters. The minimum absolute atomic E-state index is 0.0498. The number of sulfone groups is 1.